The van der Waals surface area contributed by atoms with Crippen molar-refractivity contribution in [2.45, 2.75) is 12.8 Å². The molecule has 2 aliphatic rings. The number of amides is 2. The van der Waals surface area contributed by atoms with E-state index in [2.05, 4.69) is 0 Å². The smallest absolute Gasteiger partial charge is 0.246 e. The number of nitrogens with zero attached hydrogens (tertiary/aromatic N) is 1. The number of likely N-dealkylation sites (tertiary alicyclic amines) is 1. The van der Waals surface area contributed by atoms with Gasteiger partial charge in [0.1, 0.15) is 0 Å². The molecule has 0 spiro atoms. The fraction of sp³-hybridized carbons (Fsp3) is 0.412. The van der Waals surface area contributed by atoms with Crippen LogP contribution < -0.4 is 15.2 Å². The molecule has 1 aromatic carbocycles. The van der Waals surface area contributed by atoms with Gasteiger partial charge in [-0.3, -0.25) is 9.59 Å². The molecule has 0 saturated carbocycles. The number of fused-ring (bicyclic) bond motifs is 1. The van der Waals surface area contributed by atoms with Crippen LogP contribution in [-0.2, 0) is 9.59 Å². The summed E-state index contributed by atoms with van der Waals surface area (Å²) >= 11 is 0. The SMILES string of the molecule is NC(=O)[C@H]1CCN(C(=O)/C=C/c2ccc3c(c2)OCCCO3)C1. The van der Waals surface area contributed by atoms with Gasteiger partial charge in [-0.05, 0) is 30.2 Å². The van der Waals surface area contributed by atoms with Gasteiger partial charge in [-0.2, -0.15) is 0 Å². The lowest BCUT2D eigenvalue weighted by Gasteiger charge is -2.13. The van der Waals surface area contributed by atoms with Gasteiger partial charge in [0, 0.05) is 25.6 Å². The number of ether oxygens (including phenoxy) is 2. The number of benzene rings is 1. The van der Waals surface area contributed by atoms with Crippen molar-refractivity contribution in [2.24, 2.45) is 11.7 Å². The summed E-state index contributed by atoms with van der Waals surface area (Å²) in [6, 6.07) is 5.60. The summed E-state index contributed by atoms with van der Waals surface area (Å²) in [4.78, 5) is 25.0. The molecule has 1 fully saturated rings. The Morgan fingerprint density at radius 3 is 2.74 bits per heavy atom. The third-order valence-electron chi connectivity index (χ3n) is 4.09. The van der Waals surface area contributed by atoms with E-state index in [9.17, 15) is 9.59 Å². The first kappa shape index (κ1) is 15.4. The molecule has 1 aromatic rings. The quantitative estimate of drug-likeness (QED) is 0.849. The van der Waals surface area contributed by atoms with Crippen molar-refractivity contribution in [1.29, 1.82) is 0 Å². The van der Waals surface area contributed by atoms with Crippen LogP contribution in [0.15, 0.2) is 24.3 Å². The third kappa shape index (κ3) is 3.64. The molecule has 122 valence electrons. The molecule has 2 aliphatic heterocycles. The van der Waals surface area contributed by atoms with Crippen molar-refractivity contribution < 1.29 is 19.1 Å². The molecule has 6 heteroatoms. The average molecular weight is 316 g/mol. The van der Waals surface area contributed by atoms with E-state index in [1.807, 2.05) is 18.2 Å². The summed E-state index contributed by atoms with van der Waals surface area (Å²) in [7, 11) is 0. The largest absolute Gasteiger partial charge is 0.490 e. The zero-order valence-corrected chi connectivity index (χ0v) is 12.9. The normalized spacial score (nSPS) is 20.5. The second kappa shape index (κ2) is 6.73. The molecule has 3 rings (SSSR count). The molecule has 1 saturated heterocycles. The Hall–Kier alpha value is -2.50. The molecule has 0 radical (unpaired) electrons. The van der Waals surface area contributed by atoms with Crippen molar-refractivity contribution in [1.82, 2.24) is 4.90 Å². The first-order chi connectivity index (χ1) is 11.1. The van der Waals surface area contributed by atoms with Crippen molar-refractivity contribution in [3.8, 4) is 11.5 Å². The highest BCUT2D eigenvalue weighted by Gasteiger charge is 2.28. The molecule has 0 aliphatic carbocycles. The van der Waals surface area contributed by atoms with Crippen LogP contribution in [0, 0.1) is 5.92 Å². The van der Waals surface area contributed by atoms with Crippen LogP contribution in [0.5, 0.6) is 11.5 Å². The van der Waals surface area contributed by atoms with Gasteiger partial charge in [0.2, 0.25) is 11.8 Å². The highest BCUT2D eigenvalue weighted by molar-refractivity contribution is 5.92. The van der Waals surface area contributed by atoms with Gasteiger partial charge in [0.15, 0.2) is 11.5 Å². The Morgan fingerprint density at radius 1 is 1.22 bits per heavy atom. The predicted molar refractivity (Wildman–Crippen MR) is 85.0 cm³/mol. The van der Waals surface area contributed by atoms with Gasteiger partial charge >= 0.3 is 0 Å². The van der Waals surface area contributed by atoms with Gasteiger partial charge in [-0.15, -0.1) is 0 Å². The van der Waals surface area contributed by atoms with Crippen molar-refractivity contribution in [3.63, 3.8) is 0 Å². The Labute approximate surface area is 134 Å². The fourth-order valence-electron chi connectivity index (χ4n) is 2.75. The molecular weight excluding hydrogens is 296 g/mol. The van der Waals surface area contributed by atoms with E-state index in [4.69, 9.17) is 15.2 Å². The van der Waals surface area contributed by atoms with Gasteiger partial charge < -0.3 is 20.1 Å². The summed E-state index contributed by atoms with van der Waals surface area (Å²) in [5.41, 5.74) is 6.15. The molecule has 0 bridgehead atoms. The van der Waals surface area contributed by atoms with Crippen molar-refractivity contribution in [3.05, 3.63) is 29.8 Å². The number of rotatable bonds is 3. The van der Waals surface area contributed by atoms with Crippen molar-refractivity contribution in [2.75, 3.05) is 26.3 Å². The van der Waals surface area contributed by atoms with E-state index >= 15 is 0 Å². The molecular formula is C17H20N2O4. The van der Waals surface area contributed by atoms with E-state index in [-0.39, 0.29) is 17.7 Å². The van der Waals surface area contributed by atoms with Crippen LogP contribution in [-0.4, -0.2) is 43.0 Å². The summed E-state index contributed by atoms with van der Waals surface area (Å²) in [5, 5.41) is 0. The molecule has 23 heavy (non-hydrogen) atoms. The van der Waals surface area contributed by atoms with Crippen LogP contribution in [0.3, 0.4) is 0 Å². The molecule has 2 N–H and O–H groups in total. The second-order valence-corrected chi connectivity index (χ2v) is 5.76. The maximum Gasteiger partial charge on any atom is 0.246 e. The van der Waals surface area contributed by atoms with Crippen molar-refractivity contribution >= 4 is 17.9 Å². The number of hydrogen-bond acceptors (Lipinski definition) is 4. The van der Waals surface area contributed by atoms with E-state index in [1.165, 1.54) is 6.08 Å². The number of carbonyl (C=O) groups is 2. The lowest BCUT2D eigenvalue weighted by molar-refractivity contribution is -0.125. The zero-order chi connectivity index (χ0) is 16.2. The lowest BCUT2D eigenvalue weighted by atomic mass is 10.1. The Balaban J connectivity index is 1.65. The minimum Gasteiger partial charge on any atom is -0.490 e. The second-order valence-electron chi connectivity index (χ2n) is 5.76. The number of hydrogen-bond donors (Lipinski definition) is 1. The minimum absolute atomic E-state index is 0.110. The zero-order valence-electron chi connectivity index (χ0n) is 12.9. The number of carbonyl (C=O) groups excluding carboxylic acids is 2. The number of primary amides is 1. The van der Waals surface area contributed by atoms with E-state index in [0.29, 0.717) is 38.5 Å². The first-order valence-corrected chi connectivity index (χ1v) is 7.79. The fourth-order valence-corrected chi connectivity index (χ4v) is 2.75. The molecule has 1 atom stereocenters. The van der Waals surface area contributed by atoms with Crippen LogP contribution >= 0.6 is 0 Å². The monoisotopic (exact) mass is 316 g/mol. The predicted octanol–water partition coefficient (Wildman–Crippen LogP) is 1.19. The van der Waals surface area contributed by atoms with Crippen LogP contribution in [0.2, 0.25) is 0 Å². The summed E-state index contributed by atoms with van der Waals surface area (Å²) in [6.45, 7) is 2.25. The number of nitrogens with two attached hydrogens (primary N) is 1. The summed E-state index contributed by atoms with van der Waals surface area (Å²) in [5.74, 6) is 0.750. The topological polar surface area (TPSA) is 81.9 Å². The molecule has 0 aromatic heterocycles. The van der Waals surface area contributed by atoms with Crippen LogP contribution in [0.1, 0.15) is 18.4 Å². The van der Waals surface area contributed by atoms with E-state index in [1.54, 1.807) is 11.0 Å². The first-order valence-electron chi connectivity index (χ1n) is 7.79. The van der Waals surface area contributed by atoms with Gasteiger partial charge in [0.25, 0.3) is 0 Å². The Morgan fingerprint density at radius 2 is 2.00 bits per heavy atom. The lowest BCUT2D eigenvalue weighted by Crippen LogP contribution is -2.30. The molecule has 0 unspecified atom stereocenters. The van der Waals surface area contributed by atoms with E-state index < -0.39 is 0 Å². The highest BCUT2D eigenvalue weighted by Crippen LogP contribution is 2.30. The summed E-state index contributed by atoms with van der Waals surface area (Å²) in [6.07, 6.45) is 4.75. The van der Waals surface area contributed by atoms with Crippen LogP contribution in [0.4, 0.5) is 0 Å². The standard InChI is InChI=1S/C17H20N2O4/c18-17(21)13-6-7-19(11-13)16(20)5-3-12-2-4-14-15(10-12)23-9-1-8-22-14/h2-5,10,13H,1,6-9,11H2,(H2,18,21)/b5-3+/t13-/m0/s1. The third-order valence-corrected chi connectivity index (χ3v) is 4.09. The van der Waals surface area contributed by atoms with Gasteiger partial charge in [-0.1, -0.05) is 6.07 Å². The molecule has 2 heterocycles. The maximum absolute atomic E-state index is 12.2. The van der Waals surface area contributed by atoms with Gasteiger partial charge in [0.05, 0.1) is 19.1 Å². The molecule has 2 amide bonds. The maximum atomic E-state index is 12.2. The molecule has 6 nitrogen and oxygen atoms in total. The van der Waals surface area contributed by atoms with E-state index in [0.717, 1.165) is 17.7 Å². The minimum atomic E-state index is -0.341. The average Bonchev–Trinajstić information content (AvgIpc) is 2.93. The highest BCUT2D eigenvalue weighted by atomic mass is 16.5. The van der Waals surface area contributed by atoms with Crippen LogP contribution in [0.25, 0.3) is 6.08 Å². The summed E-state index contributed by atoms with van der Waals surface area (Å²) < 4.78 is 11.2. The van der Waals surface area contributed by atoms with Gasteiger partial charge in [-0.25, -0.2) is 0 Å². The Bertz CT molecular complexity index is 641. The Kier molecular flexibility index (Phi) is 4.50.